The van der Waals surface area contributed by atoms with Crippen molar-refractivity contribution < 1.29 is 9.90 Å². The third-order valence-electron chi connectivity index (χ3n) is 1.95. The highest BCUT2D eigenvalue weighted by atomic mass is 16.4. The molecule has 0 aliphatic carbocycles. The highest BCUT2D eigenvalue weighted by molar-refractivity contribution is 5.76. The Balaban J connectivity index is 2.84. The van der Waals surface area contributed by atoms with Gasteiger partial charge >= 0.3 is 5.97 Å². The van der Waals surface area contributed by atoms with Crippen LogP contribution in [0.2, 0.25) is 0 Å². The van der Waals surface area contributed by atoms with Gasteiger partial charge in [0.2, 0.25) is 0 Å². The number of rotatable bonds is 4. The molecule has 0 radical (unpaired) electrons. The minimum Gasteiger partial charge on any atom is -0.481 e. The molecule has 0 saturated carbocycles. The first-order valence-corrected chi connectivity index (χ1v) is 4.38. The second kappa shape index (κ2) is 4.72. The predicted molar refractivity (Wildman–Crippen MR) is 53.2 cm³/mol. The van der Waals surface area contributed by atoms with Crippen molar-refractivity contribution in [2.45, 2.75) is 5.92 Å². The van der Waals surface area contributed by atoms with E-state index in [4.69, 9.17) is 5.11 Å². The lowest BCUT2D eigenvalue weighted by Crippen LogP contribution is -2.25. The van der Waals surface area contributed by atoms with Gasteiger partial charge in [-0.1, -0.05) is 0 Å². The number of pyridine rings is 1. The molecule has 1 unspecified atom stereocenters. The summed E-state index contributed by atoms with van der Waals surface area (Å²) >= 11 is 0. The highest BCUT2D eigenvalue weighted by Gasteiger charge is 2.19. The molecular weight excluding hydrogens is 180 g/mol. The van der Waals surface area contributed by atoms with Gasteiger partial charge < -0.3 is 10.0 Å². The Hall–Kier alpha value is -1.42. The number of hydrogen-bond donors (Lipinski definition) is 1. The van der Waals surface area contributed by atoms with Crippen LogP contribution in [0.15, 0.2) is 24.5 Å². The SMILES string of the molecule is CN(C)CC(C(=O)O)c1ccncc1. The number of nitrogens with zero attached hydrogens (tertiary/aromatic N) is 2. The van der Waals surface area contributed by atoms with Gasteiger partial charge in [-0.3, -0.25) is 9.78 Å². The largest absolute Gasteiger partial charge is 0.481 e. The van der Waals surface area contributed by atoms with Gasteiger partial charge in [0.15, 0.2) is 0 Å². The van der Waals surface area contributed by atoms with Crippen LogP contribution in [0.3, 0.4) is 0 Å². The number of likely N-dealkylation sites (N-methyl/N-ethyl adjacent to an activating group) is 1. The van der Waals surface area contributed by atoms with Gasteiger partial charge in [-0.05, 0) is 31.8 Å². The number of carbonyl (C=O) groups is 1. The van der Waals surface area contributed by atoms with E-state index in [0.29, 0.717) is 6.54 Å². The lowest BCUT2D eigenvalue weighted by molar-refractivity contribution is -0.139. The number of carboxylic acid groups (broad SMARTS) is 1. The minimum absolute atomic E-state index is 0.479. The van der Waals surface area contributed by atoms with Gasteiger partial charge in [0.05, 0.1) is 5.92 Å². The van der Waals surface area contributed by atoms with Gasteiger partial charge in [-0.25, -0.2) is 0 Å². The molecule has 0 spiro atoms. The van der Waals surface area contributed by atoms with Gasteiger partial charge in [0.1, 0.15) is 0 Å². The van der Waals surface area contributed by atoms with Crippen LogP contribution in [0, 0.1) is 0 Å². The molecule has 1 aromatic rings. The zero-order valence-corrected chi connectivity index (χ0v) is 8.34. The number of carboxylic acids is 1. The standard InChI is InChI=1S/C10H14N2O2/c1-12(2)7-9(10(13)14)8-3-5-11-6-4-8/h3-6,9H,7H2,1-2H3,(H,13,14). The smallest absolute Gasteiger partial charge is 0.312 e. The van der Waals surface area contributed by atoms with Crippen LogP contribution in [0.25, 0.3) is 0 Å². The second-order valence-corrected chi connectivity index (χ2v) is 3.43. The number of aliphatic carboxylic acids is 1. The average molecular weight is 194 g/mol. The molecule has 1 atom stereocenters. The molecule has 4 nitrogen and oxygen atoms in total. The Bertz CT molecular complexity index is 298. The summed E-state index contributed by atoms with van der Waals surface area (Å²) in [6.45, 7) is 0.499. The lowest BCUT2D eigenvalue weighted by Gasteiger charge is -2.17. The fourth-order valence-corrected chi connectivity index (χ4v) is 1.29. The molecule has 1 aromatic heterocycles. The minimum atomic E-state index is -0.801. The summed E-state index contributed by atoms with van der Waals surface area (Å²) in [5.74, 6) is -1.28. The Morgan fingerprint density at radius 1 is 1.50 bits per heavy atom. The van der Waals surface area contributed by atoms with Crippen molar-refractivity contribution in [1.82, 2.24) is 9.88 Å². The first kappa shape index (κ1) is 10.7. The summed E-state index contributed by atoms with van der Waals surface area (Å²) < 4.78 is 0. The molecular formula is C10H14N2O2. The summed E-state index contributed by atoms with van der Waals surface area (Å²) in [7, 11) is 3.72. The third kappa shape index (κ3) is 2.81. The summed E-state index contributed by atoms with van der Waals surface area (Å²) in [5.41, 5.74) is 0.793. The topological polar surface area (TPSA) is 53.4 Å². The number of aromatic nitrogens is 1. The summed E-state index contributed by atoms with van der Waals surface area (Å²) in [4.78, 5) is 16.7. The molecule has 0 amide bonds. The Morgan fingerprint density at radius 3 is 2.50 bits per heavy atom. The molecule has 1 N–H and O–H groups in total. The molecule has 0 bridgehead atoms. The van der Waals surface area contributed by atoms with Gasteiger partial charge in [-0.15, -0.1) is 0 Å². The molecule has 14 heavy (non-hydrogen) atoms. The molecule has 0 aliphatic heterocycles. The summed E-state index contributed by atoms with van der Waals surface area (Å²) in [6.07, 6.45) is 3.22. The van der Waals surface area contributed by atoms with Gasteiger partial charge in [-0.2, -0.15) is 0 Å². The van der Waals surface area contributed by atoms with Gasteiger partial charge in [0, 0.05) is 18.9 Å². The molecule has 0 saturated heterocycles. The second-order valence-electron chi connectivity index (χ2n) is 3.43. The molecule has 0 aliphatic rings. The molecule has 0 aromatic carbocycles. The van der Waals surface area contributed by atoms with Crippen molar-refractivity contribution in [2.24, 2.45) is 0 Å². The molecule has 76 valence electrons. The van der Waals surface area contributed by atoms with Crippen LogP contribution < -0.4 is 0 Å². The molecule has 0 fully saturated rings. The van der Waals surface area contributed by atoms with Crippen LogP contribution in [-0.4, -0.2) is 41.6 Å². The van der Waals surface area contributed by atoms with Crippen molar-refractivity contribution in [3.63, 3.8) is 0 Å². The van der Waals surface area contributed by atoms with E-state index in [0.717, 1.165) is 5.56 Å². The van der Waals surface area contributed by atoms with Crippen LogP contribution in [-0.2, 0) is 4.79 Å². The summed E-state index contributed by atoms with van der Waals surface area (Å²) in [6, 6.07) is 3.48. The maximum atomic E-state index is 11.0. The maximum Gasteiger partial charge on any atom is 0.312 e. The van der Waals surface area contributed by atoms with E-state index in [1.54, 1.807) is 24.5 Å². The van der Waals surface area contributed by atoms with Crippen LogP contribution in [0.1, 0.15) is 11.5 Å². The quantitative estimate of drug-likeness (QED) is 0.770. The third-order valence-corrected chi connectivity index (χ3v) is 1.95. The normalized spacial score (nSPS) is 12.8. The van der Waals surface area contributed by atoms with E-state index >= 15 is 0 Å². The van der Waals surface area contributed by atoms with E-state index in [1.165, 1.54) is 0 Å². The zero-order chi connectivity index (χ0) is 10.6. The van der Waals surface area contributed by atoms with Crippen LogP contribution >= 0.6 is 0 Å². The fourth-order valence-electron chi connectivity index (χ4n) is 1.29. The zero-order valence-electron chi connectivity index (χ0n) is 8.34. The predicted octanol–water partition coefficient (Wildman–Crippen LogP) is 0.811. The number of hydrogen-bond acceptors (Lipinski definition) is 3. The average Bonchev–Trinajstić information content (AvgIpc) is 2.15. The summed E-state index contributed by atoms with van der Waals surface area (Å²) in [5, 5.41) is 9.03. The van der Waals surface area contributed by atoms with E-state index in [2.05, 4.69) is 4.98 Å². The van der Waals surface area contributed by atoms with Crippen LogP contribution in [0.4, 0.5) is 0 Å². The van der Waals surface area contributed by atoms with Gasteiger partial charge in [0.25, 0.3) is 0 Å². The Morgan fingerprint density at radius 2 is 2.07 bits per heavy atom. The molecule has 4 heteroatoms. The van der Waals surface area contributed by atoms with Crippen molar-refractivity contribution in [3.05, 3.63) is 30.1 Å². The lowest BCUT2D eigenvalue weighted by atomic mass is 10.0. The van der Waals surface area contributed by atoms with E-state index < -0.39 is 11.9 Å². The van der Waals surface area contributed by atoms with Crippen molar-refractivity contribution in [2.75, 3.05) is 20.6 Å². The Labute approximate surface area is 83.2 Å². The van der Waals surface area contributed by atoms with E-state index in [-0.39, 0.29) is 0 Å². The first-order valence-electron chi connectivity index (χ1n) is 4.38. The monoisotopic (exact) mass is 194 g/mol. The maximum absolute atomic E-state index is 11.0. The van der Waals surface area contributed by atoms with E-state index in [1.807, 2.05) is 19.0 Å². The van der Waals surface area contributed by atoms with Crippen LogP contribution in [0.5, 0.6) is 0 Å². The van der Waals surface area contributed by atoms with Crippen molar-refractivity contribution >= 4 is 5.97 Å². The first-order chi connectivity index (χ1) is 6.61. The Kier molecular flexibility index (Phi) is 3.59. The molecule has 1 heterocycles. The highest BCUT2D eigenvalue weighted by Crippen LogP contribution is 2.15. The van der Waals surface area contributed by atoms with Crippen molar-refractivity contribution in [1.29, 1.82) is 0 Å². The van der Waals surface area contributed by atoms with E-state index in [9.17, 15) is 4.79 Å². The molecule has 1 rings (SSSR count). The van der Waals surface area contributed by atoms with Crippen molar-refractivity contribution in [3.8, 4) is 0 Å². The fraction of sp³-hybridized carbons (Fsp3) is 0.400.